The van der Waals surface area contributed by atoms with Crippen LogP contribution in [0.15, 0.2) is 0 Å². The molecule has 76 valence electrons. The van der Waals surface area contributed by atoms with Gasteiger partial charge in [0.2, 0.25) is 5.91 Å². The average molecular weight is 186 g/mol. The number of nitrogens with one attached hydrogen (secondary N) is 1. The molecule has 4 nitrogen and oxygen atoms in total. The summed E-state index contributed by atoms with van der Waals surface area (Å²) in [4.78, 5) is 11.4. The summed E-state index contributed by atoms with van der Waals surface area (Å²) in [6, 6.07) is 0. The first kappa shape index (κ1) is 10.5. The van der Waals surface area contributed by atoms with Crippen LogP contribution in [-0.4, -0.2) is 18.6 Å². The number of hydrogen-bond acceptors (Lipinski definition) is 3. The molecule has 13 heavy (non-hydrogen) atoms. The molecule has 1 amide bonds. The minimum absolute atomic E-state index is 0.00627. The average Bonchev–Trinajstić information content (AvgIpc) is 2.49. The Bertz CT molecular complexity index is 198. The number of nitrogens with two attached hydrogens (primary N) is 1. The predicted octanol–water partition coefficient (Wildman–Crippen LogP) is 0.427. The maximum absolute atomic E-state index is 11.4. The van der Waals surface area contributed by atoms with E-state index in [4.69, 9.17) is 10.6 Å². The molecule has 3 N–H and O–H groups in total. The Morgan fingerprint density at radius 2 is 2.15 bits per heavy atom. The largest absolute Gasteiger partial charge is 0.377 e. The molecular weight excluding hydrogens is 168 g/mol. The highest BCUT2D eigenvalue weighted by molar-refractivity contribution is 5.79. The van der Waals surface area contributed by atoms with Crippen molar-refractivity contribution >= 4 is 5.91 Å². The van der Waals surface area contributed by atoms with E-state index >= 15 is 0 Å². The molecule has 0 aliphatic carbocycles. The number of carbonyl (C=O) groups excluding carboxylic acids is 1. The van der Waals surface area contributed by atoms with Crippen LogP contribution in [0.2, 0.25) is 0 Å². The molecule has 0 bridgehead atoms. The number of hydrazine groups is 1. The van der Waals surface area contributed by atoms with E-state index in [0.29, 0.717) is 6.61 Å². The Hall–Kier alpha value is -0.610. The van der Waals surface area contributed by atoms with Crippen LogP contribution < -0.4 is 11.3 Å². The minimum Gasteiger partial charge on any atom is -0.377 e. The van der Waals surface area contributed by atoms with Crippen molar-refractivity contribution in [3.8, 4) is 0 Å². The molecule has 4 heteroatoms. The molecule has 0 aromatic heterocycles. The molecule has 0 spiro atoms. The summed E-state index contributed by atoms with van der Waals surface area (Å²) in [6.07, 6.45) is 0.751. The van der Waals surface area contributed by atoms with Crippen molar-refractivity contribution in [1.29, 1.82) is 0 Å². The predicted molar refractivity (Wildman–Crippen MR) is 49.6 cm³/mol. The van der Waals surface area contributed by atoms with Crippen molar-refractivity contribution in [1.82, 2.24) is 5.43 Å². The van der Waals surface area contributed by atoms with Crippen molar-refractivity contribution in [2.75, 3.05) is 6.61 Å². The zero-order valence-corrected chi connectivity index (χ0v) is 8.46. The fraction of sp³-hybridized carbons (Fsp3) is 0.889. The molecule has 1 rings (SSSR count). The van der Waals surface area contributed by atoms with Crippen LogP contribution in [0.4, 0.5) is 0 Å². The van der Waals surface area contributed by atoms with E-state index in [-0.39, 0.29) is 23.3 Å². The molecule has 2 atom stereocenters. The Kier molecular flexibility index (Phi) is 2.93. The lowest BCUT2D eigenvalue weighted by Crippen LogP contribution is -2.43. The third kappa shape index (κ3) is 2.19. The van der Waals surface area contributed by atoms with Crippen molar-refractivity contribution in [2.24, 2.45) is 17.2 Å². The first-order valence-corrected chi connectivity index (χ1v) is 4.59. The van der Waals surface area contributed by atoms with Gasteiger partial charge < -0.3 is 4.74 Å². The van der Waals surface area contributed by atoms with Gasteiger partial charge in [0.25, 0.3) is 0 Å². The summed E-state index contributed by atoms with van der Waals surface area (Å²) in [7, 11) is 0. The van der Waals surface area contributed by atoms with Gasteiger partial charge in [0, 0.05) is 6.61 Å². The van der Waals surface area contributed by atoms with Gasteiger partial charge in [0.05, 0.1) is 12.0 Å². The highest BCUT2D eigenvalue weighted by atomic mass is 16.5. The van der Waals surface area contributed by atoms with E-state index in [9.17, 15) is 4.79 Å². The van der Waals surface area contributed by atoms with E-state index in [2.05, 4.69) is 26.2 Å². The second kappa shape index (κ2) is 3.64. The number of amides is 1. The lowest BCUT2D eigenvalue weighted by Gasteiger charge is -2.29. The van der Waals surface area contributed by atoms with Crippen LogP contribution in [0.5, 0.6) is 0 Å². The Balaban J connectivity index is 2.70. The van der Waals surface area contributed by atoms with Gasteiger partial charge in [-0.2, -0.15) is 0 Å². The van der Waals surface area contributed by atoms with E-state index in [1.807, 2.05) is 0 Å². The number of hydrogen-bond donors (Lipinski definition) is 2. The lowest BCUT2D eigenvalue weighted by atomic mass is 9.81. The van der Waals surface area contributed by atoms with E-state index in [0.717, 1.165) is 6.42 Å². The van der Waals surface area contributed by atoms with Crippen LogP contribution in [0.1, 0.15) is 27.2 Å². The van der Waals surface area contributed by atoms with Crippen molar-refractivity contribution < 1.29 is 9.53 Å². The van der Waals surface area contributed by atoms with Gasteiger partial charge in [0.1, 0.15) is 0 Å². The normalized spacial score (nSPS) is 28.9. The summed E-state index contributed by atoms with van der Waals surface area (Å²) in [5, 5.41) is 0. The first-order chi connectivity index (χ1) is 5.96. The van der Waals surface area contributed by atoms with Gasteiger partial charge in [-0.1, -0.05) is 20.8 Å². The van der Waals surface area contributed by atoms with Gasteiger partial charge in [-0.05, 0) is 11.8 Å². The van der Waals surface area contributed by atoms with Gasteiger partial charge in [0.15, 0.2) is 0 Å². The highest BCUT2D eigenvalue weighted by Crippen LogP contribution is 2.34. The summed E-state index contributed by atoms with van der Waals surface area (Å²) in [5.41, 5.74) is 2.18. The number of carbonyl (C=O) groups is 1. The summed E-state index contributed by atoms with van der Waals surface area (Å²) < 4.78 is 5.54. The minimum atomic E-state index is -0.113. The highest BCUT2D eigenvalue weighted by Gasteiger charge is 2.40. The second-order valence-corrected chi connectivity index (χ2v) is 4.56. The van der Waals surface area contributed by atoms with Crippen LogP contribution in [0.25, 0.3) is 0 Å². The Morgan fingerprint density at radius 3 is 2.62 bits per heavy atom. The molecule has 0 unspecified atom stereocenters. The third-order valence-electron chi connectivity index (χ3n) is 2.42. The summed E-state index contributed by atoms with van der Waals surface area (Å²) in [6.45, 7) is 6.86. The van der Waals surface area contributed by atoms with Crippen LogP contribution in [0, 0.1) is 11.3 Å². The smallest absolute Gasteiger partial charge is 0.239 e. The van der Waals surface area contributed by atoms with Crippen LogP contribution in [-0.2, 0) is 9.53 Å². The molecule has 1 saturated heterocycles. The van der Waals surface area contributed by atoms with Gasteiger partial charge in [-0.15, -0.1) is 0 Å². The molecule has 0 saturated carbocycles. The topological polar surface area (TPSA) is 64.3 Å². The second-order valence-electron chi connectivity index (χ2n) is 4.56. The molecule has 1 aliphatic heterocycles. The molecule has 0 aromatic carbocycles. The zero-order chi connectivity index (χ0) is 10.1. The third-order valence-corrected chi connectivity index (χ3v) is 2.42. The van der Waals surface area contributed by atoms with Gasteiger partial charge in [-0.3, -0.25) is 10.2 Å². The molecule has 0 radical (unpaired) electrons. The van der Waals surface area contributed by atoms with Gasteiger partial charge >= 0.3 is 0 Å². The Morgan fingerprint density at radius 1 is 1.54 bits per heavy atom. The fourth-order valence-electron chi connectivity index (χ4n) is 1.82. The molecule has 1 heterocycles. The maximum Gasteiger partial charge on any atom is 0.239 e. The number of rotatable bonds is 1. The van der Waals surface area contributed by atoms with Crippen molar-refractivity contribution in [3.63, 3.8) is 0 Å². The van der Waals surface area contributed by atoms with Gasteiger partial charge in [-0.25, -0.2) is 5.84 Å². The summed E-state index contributed by atoms with van der Waals surface area (Å²) >= 11 is 0. The lowest BCUT2D eigenvalue weighted by molar-refractivity contribution is -0.129. The maximum atomic E-state index is 11.4. The molecule has 1 fully saturated rings. The fourth-order valence-corrected chi connectivity index (χ4v) is 1.82. The Labute approximate surface area is 78.8 Å². The summed E-state index contributed by atoms with van der Waals surface area (Å²) in [5.74, 6) is 4.90. The molecular formula is C9H18N2O2. The zero-order valence-electron chi connectivity index (χ0n) is 8.46. The van der Waals surface area contributed by atoms with Crippen molar-refractivity contribution in [2.45, 2.75) is 33.3 Å². The standard InChI is InChI=1S/C9H18N2O2/c1-9(2,3)7-6(4-5-13-7)8(12)11-10/h6-7H,4-5,10H2,1-3H3,(H,11,12)/t6-,7+/m1/s1. The molecule has 1 aliphatic rings. The van der Waals surface area contributed by atoms with Crippen molar-refractivity contribution in [3.05, 3.63) is 0 Å². The molecule has 0 aromatic rings. The SMILES string of the molecule is CC(C)(C)[C@H]1OCC[C@H]1C(=O)NN. The quantitative estimate of drug-likeness (QED) is 0.354. The van der Waals surface area contributed by atoms with Crippen LogP contribution in [0.3, 0.4) is 0 Å². The van der Waals surface area contributed by atoms with Crippen LogP contribution >= 0.6 is 0 Å². The first-order valence-electron chi connectivity index (χ1n) is 4.59. The number of ether oxygens (including phenoxy) is 1. The monoisotopic (exact) mass is 186 g/mol. The van der Waals surface area contributed by atoms with E-state index in [1.54, 1.807) is 0 Å². The van der Waals surface area contributed by atoms with E-state index in [1.165, 1.54) is 0 Å². The van der Waals surface area contributed by atoms with E-state index < -0.39 is 0 Å².